The first-order valence-corrected chi connectivity index (χ1v) is 4.62. The number of anilines is 1. The summed E-state index contributed by atoms with van der Waals surface area (Å²) in [6, 6.07) is 2.72. The number of hydrogen-bond donors (Lipinski definition) is 1. The monoisotopic (exact) mass is 187 g/mol. The van der Waals surface area contributed by atoms with Crippen LogP contribution in [0.2, 0.25) is 0 Å². The van der Waals surface area contributed by atoms with Crippen molar-refractivity contribution in [3.05, 3.63) is 23.8 Å². The van der Waals surface area contributed by atoms with Gasteiger partial charge in [0.15, 0.2) is 11.6 Å². The topological polar surface area (TPSA) is 12.0 Å². The quantitative estimate of drug-likeness (QED) is 0.669. The van der Waals surface area contributed by atoms with E-state index in [1.807, 2.05) is 0 Å². The van der Waals surface area contributed by atoms with Crippen LogP contribution in [-0.4, -0.2) is 12.3 Å². The van der Waals surface area contributed by atoms with Crippen LogP contribution in [0, 0.1) is 11.6 Å². The minimum Gasteiger partial charge on any atom is -0.383 e. The number of nitrogens with one attached hydrogen (secondary N) is 1. The van der Waals surface area contributed by atoms with Gasteiger partial charge >= 0.3 is 0 Å². The summed E-state index contributed by atoms with van der Waals surface area (Å²) in [5.41, 5.74) is 0.699. The van der Waals surface area contributed by atoms with E-state index in [9.17, 15) is 8.78 Å². The second-order valence-corrected chi connectivity index (χ2v) is 3.62. The Morgan fingerprint density at radius 2 is 2.17 bits per heavy atom. The van der Waals surface area contributed by atoms with Crippen molar-refractivity contribution >= 4 is 17.4 Å². The number of halogens is 2. The highest BCUT2D eigenvalue weighted by atomic mass is 32.2. The fraction of sp³-hybridized carbons (Fsp3) is 0.250. The van der Waals surface area contributed by atoms with E-state index in [0.717, 1.165) is 18.4 Å². The van der Waals surface area contributed by atoms with Gasteiger partial charge in [-0.1, -0.05) is 0 Å². The average Bonchev–Trinajstić information content (AvgIpc) is 2.12. The summed E-state index contributed by atoms with van der Waals surface area (Å²) >= 11 is 1.35. The lowest BCUT2D eigenvalue weighted by molar-refractivity contribution is 0.492. The van der Waals surface area contributed by atoms with Crippen LogP contribution >= 0.6 is 11.8 Å². The molecule has 0 radical (unpaired) electrons. The fourth-order valence-corrected chi connectivity index (χ4v) is 2.08. The van der Waals surface area contributed by atoms with Crippen LogP contribution in [-0.2, 0) is 0 Å². The van der Waals surface area contributed by atoms with Crippen LogP contribution in [0.1, 0.15) is 0 Å². The summed E-state index contributed by atoms with van der Waals surface area (Å²) in [6.07, 6.45) is 0. The zero-order valence-electron chi connectivity index (χ0n) is 6.23. The third kappa shape index (κ3) is 1.16. The summed E-state index contributed by atoms with van der Waals surface area (Å²) < 4.78 is 25.7. The van der Waals surface area contributed by atoms with Gasteiger partial charge in [-0.2, -0.15) is 0 Å². The Balaban J connectivity index is 2.54. The molecule has 0 saturated carbocycles. The van der Waals surface area contributed by atoms with Crippen molar-refractivity contribution in [1.29, 1.82) is 0 Å². The molecule has 1 aromatic rings. The lowest BCUT2D eigenvalue weighted by Crippen LogP contribution is -2.11. The molecule has 0 saturated heterocycles. The molecule has 0 aromatic heterocycles. The summed E-state index contributed by atoms with van der Waals surface area (Å²) in [4.78, 5) is 0.404. The van der Waals surface area contributed by atoms with Crippen LogP contribution in [0.15, 0.2) is 17.0 Å². The molecule has 1 aliphatic heterocycles. The Kier molecular flexibility index (Phi) is 1.92. The number of benzene rings is 1. The van der Waals surface area contributed by atoms with E-state index in [1.54, 1.807) is 6.07 Å². The molecule has 0 bridgehead atoms. The van der Waals surface area contributed by atoms with Gasteiger partial charge in [0.2, 0.25) is 0 Å². The molecule has 4 heteroatoms. The molecule has 64 valence electrons. The molecule has 0 amide bonds. The molecule has 0 atom stereocenters. The van der Waals surface area contributed by atoms with Crippen LogP contribution in [0.4, 0.5) is 14.5 Å². The normalized spacial score (nSPS) is 15.2. The van der Waals surface area contributed by atoms with Gasteiger partial charge in [-0.3, -0.25) is 0 Å². The van der Waals surface area contributed by atoms with Crippen LogP contribution in [0.3, 0.4) is 0 Å². The molecule has 1 aliphatic rings. The Morgan fingerprint density at radius 3 is 3.00 bits per heavy atom. The van der Waals surface area contributed by atoms with Gasteiger partial charge in [0.05, 0.1) is 10.6 Å². The molecule has 0 unspecified atom stereocenters. The summed E-state index contributed by atoms with van der Waals surface area (Å²) in [5, 5.41) is 3.00. The fourth-order valence-electron chi connectivity index (χ4n) is 1.15. The Morgan fingerprint density at radius 1 is 1.33 bits per heavy atom. The third-order valence-corrected chi connectivity index (χ3v) is 2.81. The third-order valence-electron chi connectivity index (χ3n) is 1.71. The lowest BCUT2D eigenvalue weighted by Gasteiger charge is -2.17. The molecule has 0 aliphatic carbocycles. The molecule has 12 heavy (non-hydrogen) atoms. The van der Waals surface area contributed by atoms with Crippen molar-refractivity contribution < 1.29 is 8.78 Å². The second kappa shape index (κ2) is 2.94. The molecule has 0 fully saturated rings. The van der Waals surface area contributed by atoms with Crippen molar-refractivity contribution in [2.45, 2.75) is 4.90 Å². The smallest absolute Gasteiger partial charge is 0.174 e. The molecule has 1 heterocycles. The maximum Gasteiger partial charge on any atom is 0.174 e. The van der Waals surface area contributed by atoms with E-state index in [-0.39, 0.29) is 0 Å². The predicted molar refractivity (Wildman–Crippen MR) is 45.6 cm³/mol. The zero-order valence-corrected chi connectivity index (χ0v) is 7.05. The Bertz CT molecular complexity index is 314. The predicted octanol–water partition coefficient (Wildman–Crippen LogP) is 2.48. The van der Waals surface area contributed by atoms with Crippen molar-refractivity contribution in [2.24, 2.45) is 0 Å². The lowest BCUT2D eigenvalue weighted by atomic mass is 10.3. The van der Waals surface area contributed by atoms with E-state index in [4.69, 9.17) is 0 Å². The molecular formula is C8H7F2NS. The minimum absolute atomic E-state index is 0.404. The minimum atomic E-state index is -0.773. The van der Waals surface area contributed by atoms with E-state index >= 15 is 0 Å². The van der Waals surface area contributed by atoms with Gasteiger partial charge in [-0.05, 0) is 12.1 Å². The second-order valence-electron chi connectivity index (χ2n) is 2.51. The first-order chi connectivity index (χ1) is 5.79. The number of fused-ring (bicyclic) bond motifs is 1. The number of thioether (sulfide) groups is 1. The van der Waals surface area contributed by atoms with Crippen molar-refractivity contribution in [3.8, 4) is 0 Å². The van der Waals surface area contributed by atoms with Crippen LogP contribution < -0.4 is 5.32 Å². The van der Waals surface area contributed by atoms with E-state index in [2.05, 4.69) is 5.32 Å². The van der Waals surface area contributed by atoms with Crippen molar-refractivity contribution in [3.63, 3.8) is 0 Å². The van der Waals surface area contributed by atoms with Gasteiger partial charge in [0.1, 0.15) is 0 Å². The maximum atomic E-state index is 13.0. The van der Waals surface area contributed by atoms with Gasteiger partial charge in [-0.15, -0.1) is 11.8 Å². The van der Waals surface area contributed by atoms with Crippen LogP contribution in [0.25, 0.3) is 0 Å². The summed E-state index contributed by atoms with van der Waals surface area (Å²) in [6.45, 7) is 0.808. The Hall–Kier alpha value is -0.770. The average molecular weight is 187 g/mol. The number of hydrogen-bond acceptors (Lipinski definition) is 2. The molecule has 2 rings (SSSR count). The summed E-state index contributed by atoms with van der Waals surface area (Å²) in [5.74, 6) is -0.720. The standard InChI is InChI=1S/C8H7F2NS/c9-5-1-2-6-8(7(5)10)12-4-3-11-6/h1-2,11H,3-4H2. The summed E-state index contributed by atoms with van der Waals surface area (Å²) in [7, 11) is 0. The molecular weight excluding hydrogens is 180 g/mol. The SMILES string of the molecule is Fc1ccc2c(c1F)SCCN2. The van der Waals surface area contributed by atoms with Crippen molar-refractivity contribution in [1.82, 2.24) is 0 Å². The molecule has 0 spiro atoms. The van der Waals surface area contributed by atoms with E-state index < -0.39 is 11.6 Å². The molecule has 1 aromatic carbocycles. The van der Waals surface area contributed by atoms with Gasteiger partial charge < -0.3 is 5.32 Å². The highest BCUT2D eigenvalue weighted by molar-refractivity contribution is 7.99. The molecule has 1 nitrogen and oxygen atoms in total. The Labute approximate surface area is 73.2 Å². The van der Waals surface area contributed by atoms with Gasteiger partial charge in [0.25, 0.3) is 0 Å². The maximum absolute atomic E-state index is 13.0. The van der Waals surface area contributed by atoms with Gasteiger partial charge in [-0.25, -0.2) is 8.78 Å². The largest absolute Gasteiger partial charge is 0.383 e. The first kappa shape index (κ1) is 7.86. The van der Waals surface area contributed by atoms with Crippen LogP contribution in [0.5, 0.6) is 0 Å². The van der Waals surface area contributed by atoms with Gasteiger partial charge in [0, 0.05) is 12.3 Å². The number of rotatable bonds is 0. The van der Waals surface area contributed by atoms with Crippen molar-refractivity contribution in [2.75, 3.05) is 17.6 Å². The first-order valence-electron chi connectivity index (χ1n) is 3.64. The molecule has 1 N–H and O–H groups in total. The highest BCUT2D eigenvalue weighted by Crippen LogP contribution is 2.33. The van der Waals surface area contributed by atoms with E-state index in [1.165, 1.54) is 11.8 Å². The van der Waals surface area contributed by atoms with E-state index in [0.29, 0.717) is 10.6 Å². The zero-order chi connectivity index (χ0) is 8.55. The highest BCUT2D eigenvalue weighted by Gasteiger charge is 2.16.